The summed E-state index contributed by atoms with van der Waals surface area (Å²) in [6, 6.07) is 2.91. The minimum Gasteiger partial charge on any atom is -0.508 e. The number of aromatic hydroxyl groups is 1. The molecule has 3 aromatic rings. The summed E-state index contributed by atoms with van der Waals surface area (Å²) in [6.07, 6.45) is 5.08. The molecule has 0 aliphatic carbocycles. The maximum atomic E-state index is 14.7. The molecule has 0 radical (unpaired) electrons. The van der Waals surface area contributed by atoms with Crippen molar-refractivity contribution in [1.29, 1.82) is 0 Å². The SMILES string of the molecule is CC(C)C[C@H](NC(=O)[C@H](Cc1cnc[nH]1)NC(=O)[C@H](CO)NC(=O)[C@H](CC(C)C)NC(=O)[C@H](CCCCN)NC(=O)[C@H](Cc1ccccc1)NC(=O)[C@H](Cc1ccc(O)cc1)NC(=O)[C@H](CC(C)C)NC(=O)[C@@H](N)CCCCN)C(=O)O. The van der Waals surface area contributed by atoms with Gasteiger partial charge in [0.25, 0.3) is 0 Å². The molecule has 0 saturated carbocycles. The number of benzene rings is 2. The number of phenolic OH excluding ortho intramolecular Hbond substituents is 1. The zero-order valence-electron chi connectivity index (χ0n) is 48.1. The number of hydrogen-bond acceptors (Lipinski definition) is 15. The number of hydrogen-bond donors (Lipinski definition) is 15. The number of unbranched alkanes of at least 4 members (excludes halogenated alkanes) is 2. The van der Waals surface area contributed by atoms with E-state index < -0.39 is 114 Å². The fourth-order valence-electron chi connectivity index (χ4n) is 8.84. The Morgan fingerprint density at radius 2 is 0.878 bits per heavy atom. The van der Waals surface area contributed by atoms with Gasteiger partial charge in [-0.3, -0.25) is 38.4 Å². The molecule has 8 amide bonds. The number of aliphatic hydroxyl groups excluding tert-OH is 1. The maximum Gasteiger partial charge on any atom is 0.326 e. The van der Waals surface area contributed by atoms with Crippen molar-refractivity contribution in [2.75, 3.05) is 19.7 Å². The van der Waals surface area contributed by atoms with E-state index in [1.165, 1.54) is 24.7 Å². The lowest BCUT2D eigenvalue weighted by Crippen LogP contribution is -2.61. The smallest absolute Gasteiger partial charge is 0.326 e. The molecule has 0 bridgehead atoms. The molecule has 0 aliphatic rings. The number of nitrogens with zero attached hydrogens (tertiary/aromatic N) is 1. The third-order valence-corrected chi connectivity index (χ3v) is 13.2. The zero-order chi connectivity index (χ0) is 60.9. The molecule has 0 saturated heterocycles. The Hall–Kier alpha value is -7.48. The van der Waals surface area contributed by atoms with Gasteiger partial charge in [0.15, 0.2) is 0 Å². The molecule has 25 heteroatoms. The average molecular weight is 1150 g/mol. The van der Waals surface area contributed by atoms with Gasteiger partial charge in [-0.25, -0.2) is 9.78 Å². The van der Waals surface area contributed by atoms with Crippen LogP contribution in [0.3, 0.4) is 0 Å². The first-order valence-corrected chi connectivity index (χ1v) is 28.2. The standard InChI is InChI=1S/C57H89N13O12/c1-33(2)24-42(64-49(73)40(60)16-10-12-22-58)51(75)66-45(28-37-18-20-39(72)21-19-37)54(78)67-44(27-36-14-8-7-9-15-36)53(77)63-41(17-11-13-23-59)50(74)65-43(25-34(3)4)52(76)70-48(31-71)56(80)68-46(29-38-30-61-32-62-38)55(79)69-47(57(81)82)26-35(5)6/h7-9,14-15,18-21,30,32-35,40-48,71-72H,10-13,16-17,22-29,31,58-60H2,1-6H3,(H,61,62)(H,63,77)(H,64,73)(H,65,74)(H,66,75)(H,67,78)(H,68,80)(H,69,79)(H,70,76)(H,81,82)/t40-,41-,42-,43-,44-,45-,46-,47-,48-/m0/s1. The van der Waals surface area contributed by atoms with E-state index in [1.807, 2.05) is 13.8 Å². The van der Waals surface area contributed by atoms with Crippen LogP contribution in [0.15, 0.2) is 67.1 Å². The number of aliphatic carboxylic acids is 1. The Morgan fingerprint density at radius 3 is 1.34 bits per heavy atom. The third kappa shape index (κ3) is 25.1. The highest BCUT2D eigenvalue weighted by Gasteiger charge is 2.36. The van der Waals surface area contributed by atoms with Crippen molar-refractivity contribution >= 4 is 53.2 Å². The molecular weight excluding hydrogens is 1060 g/mol. The number of carbonyl (C=O) groups excluding carboxylic acids is 8. The van der Waals surface area contributed by atoms with E-state index in [4.69, 9.17) is 17.2 Å². The number of rotatable bonds is 38. The van der Waals surface area contributed by atoms with Gasteiger partial charge in [-0.15, -0.1) is 0 Å². The van der Waals surface area contributed by atoms with Crippen molar-refractivity contribution in [2.45, 2.75) is 173 Å². The van der Waals surface area contributed by atoms with Gasteiger partial charge < -0.3 is 80.0 Å². The van der Waals surface area contributed by atoms with E-state index in [0.717, 1.165) is 0 Å². The number of nitrogens with one attached hydrogen (secondary N) is 9. The van der Waals surface area contributed by atoms with Gasteiger partial charge in [0, 0.05) is 31.2 Å². The highest BCUT2D eigenvalue weighted by atomic mass is 16.4. The van der Waals surface area contributed by atoms with Crippen LogP contribution in [-0.2, 0) is 62.4 Å². The van der Waals surface area contributed by atoms with E-state index in [9.17, 15) is 58.5 Å². The van der Waals surface area contributed by atoms with Gasteiger partial charge in [-0.05, 0) is 105 Å². The van der Waals surface area contributed by atoms with Crippen LogP contribution in [0.4, 0.5) is 0 Å². The van der Waals surface area contributed by atoms with E-state index >= 15 is 0 Å². The van der Waals surface area contributed by atoms with Gasteiger partial charge in [-0.2, -0.15) is 0 Å². The lowest BCUT2D eigenvalue weighted by molar-refractivity contribution is -0.143. The minimum absolute atomic E-state index is 0.0161. The van der Waals surface area contributed by atoms with Crippen molar-refractivity contribution in [2.24, 2.45) is 35.0 Å². The fraction of sp³-hybridized carbons (Fsp3) is 0.579. The Balaban J connectivity index is 1.94. The molecule has 1 aromatic heterocycles. The van der Waals surface area contributed by atoms with Crippen LogP contribution in [0.5, 0.6) is 5.75 Å². The second kappa shape index (κ2) is 36.1. The summed E-state index contributed by atoms with van der Waals surface area (Å²) in [5.41, 5.74) is 19.2. The first kappa shape index (κ1) is 68.8. The second-order valence-corrected chi connectivity index (χ2v) is 21.9. The average Bonchev–Trinajstić information content (AvgIpc) is 4.04. The summed E-state index contributed by atoms with van der Waals surface area (Å²) in [5.74, 6) is -8.14. The summed E-state index contributed by atoms with van der Waals surface area (Å²) in [7, 11) is 0. The van der Waals surface area contributed by atoms with E-state index in [2.05, 4.69) is 52.5 Å². The number of amides is 8. The summed E-state index contributed by atoms with van der Waals surface area (Å²) < 4.78 is 0. The molecule has 0 unspecified atom stereocenters. The molecule has 0 fully saturated rings. The first-order valence-electron chi connectivity index (χ1n) is 28.2. The number of phenols is 1. The number of imidazole rings is 1. The largest absolute Gasteiger partial charge is 0.508 e. The van der Waals surface area contributed by atoms with Crippen molar-refractivity contribution in [3.8, 4) is 5.75 Å². The monoisotopic (exact) mass is 1150 g/mol. The molecule has 0 spiro atoms. The normalized spacial score (nSPS) is 14.6. The molecule has 82 heavy (non-hydrogen) atoms. The lowest BCUT2D eigenvalue weighted by atomic mass is 9.99. The number of aliphatic hydroxyl groups is 1. The number of carboxylic acid groups (broad SMARTS) is 1. The number of aromatic nitrogens is 2. The van der Waals surface area contributed by atoms with Gasteiger partial charge in [0.1, 0.15) is 54.1 Å². The van der Waals surface area contributed by atoms with Gasteiger partial charge >= 0.3 is 5.97 Å². The summed E-state index contributed by atoms with van der Waals surface area (Å²) in [6.45, 7) is 10.6. The fourth-order valence-corrected chi connectivity index (χ4v) is 8.84. The topological polar surface area (TPSA) is 417 Å². The molecule has 1 heterocycles. The highest BCUT2D eigenvalue weighted by molar-refractivity contribution is 5.98. The van der Waals surface area contributed by atoms with Gasteiger partial charge in [-0.1, -0.05) is 90.4 Å². The second-order valence-electron chi connectivity index (χ2n) is 21.9. The summed E-state index contributed by atoms with van der Waals surface area (Å²) in [4.78, 5) is 132. The molecule has 18 N–H and O–H groups in total. The van der Waals surface area contributed by atoms with Crippen LogP contribution in [0, 0.1) is 17.8 Å². The van der Waals surface area contributed by atoms with Crippen LogP contribution < -0.4 is 59.7 Å². The van der Waals surface area contributed by atoms with Crippen LogP contribution in [0.1, 0.15) is 116 Å². The number of H-pyrrole nitrogens is 1. The predicted molar refractivity (Wildman–Crippen MR) is 307 cm³/mol. The van der Waals surface area contributed by atoms with E-state index in [1.54, 1.807) is 70.2 Å². The Morgan fingerprint density at radius 1 is 0.488 bits per heavy atom. The number of aromatic amines is 1. The minimum atomic E-state index is -1.66. The van der Waals surface area contributed by atoms with Crippen LogP contribution in [-0.4, -0.2) is 153 Å². The van der Waals surface area contributed by atoms with Crippen LogP contribution >= 0.6 is 0 Å². The van der Waals surface area contributed by atoms with Crippen molar-refractivity contribution < 1.29 is 58.5 Å². The Bertz CT molecular complexity index is 2480. The van der Waals surface area contributed by atoms with Crippen molar-refractivity contribution in [1.82, 2.24) is 52.5 Å². The molecule has 9 atom stereocenters. The highest BCUT2D eigenvalue weighted by Crippen LogP contribution is 2.16. The zero-order valence-corrected chi connectivity index (χ0v) is 48.1. The van der Waals surface area contributed by atoms with Gasteiger partial charge in [0.05, 0.1) is 19.0 Å². The number of carboxylic acids is 1. The number of nitrogens with two attached hydrogens (primary N) is 3. The van der Waals surface area contributed by atoms with Crippen molar-refractivity contribution in [3.63, 3.8) is 0 Å². The Kier molecular flexibility index (Phi) is 30.3. The first-order chi connectivity index (χ1) is 38.9. The van der Waals surface area contributed by atoms with Crippen molar-refractivity contribution in [3.05, 3.63) is 83.9 Å². The van der Waals surface area contributed by atoms with E-state index in [0.29, 0.717) is 55.5 Å². The lowest BCUT2D eigenvalue weighted by Gasteiger charge is -2.28. The number of carbonyl (C=O) groups is 9. The van der Waals surface area contributed by atoms with Crippen LogP contribution in [0.2, 0.25) is 0 Å². The summed E-state index contributed by atoms with van der Waals surface area (Å²) >= 11 is 0. The molecule has 0 aliphatic heterocycles. The quantitative estimate of drug-likeness (QED) is 0.0331. The van der Waals surface area contributed by atoms with Gasteiger partial charge in [0.2, 0.25) is 47.3 Å². The molecule has 3 rings (SSSR count). The molecule has 2 aromatic carbocycles. The predicted octanol–water partition coefficient (Wildman–Crippen LogP) is -0.178. The molecular formula is C57H89N13O12. The third-order valence-electron chi connectivity index (χ3n) is 13.2. The molecule has 454 valence electrons. The maximum absolute atomic E-state index is 14.7. The van der Waals surface area contributed by atoms with E-state index in [-0.39, 0.29) is 75.0 Å². The Labute approximate surface area is 480 Å². The molecule has 25 nitrogen and oxygen atoms in total. The van der Waals surface area contributed by atoms with Crippen LogP contribution in [0.25, 0.3) is 0 Å². The summed E-state index contributed by atoms with van der Waals surface area (Å²) in [5, 5.41) is 51.5.